The molecule has 1 atom stereocenters. The van der Waals surface area contributed by atoms with Crippen LogP contribution in [0.4, 0.5) is 0 Å². The second-order valence-corrected chi connectivity index (χ2v) is 23.1. The Morgan fingerprint density at radius 1 is 0.253 bits per heavy atom. The Kier molecular flexibility index (Phi) is 66.7. The summed E-state index contributed by atoms with van der Waals surface area (Å²) < 4.78 is 16.9. The monoisotopic (exact) mass is 1150 g/mol. The molecule has 0 spiro atoms. The first-order valence-corrected chi connectivity index (χ1v) is 35.0. The van der Waals surface area contributed by atoms with Gasteiger partial charge < -0.3 is 14.2 Å². The SMILES string of the molecule is CC/C=C\C/C=C\C/C=C\C/C=C\C/C=C\C/C=C\C/C=C\C/C=C\CCCCCCCCCCCCC(=O)OCC(COC(=O)CCCCCCCCCCCCCC)OC(=O)CCCCCCCCC/C=C\C/C=C\CCCCCC. The van der Waals surface area contributed by atoms with Crippen LogP contribution in [0, 0.1) is 0 Å². The molecule has 1 unspecified atom stereocenters. The minimum Gasteiger partial charge on any atom is -0.462 e. The molecule has 474 valence electrons. The van der Waals surface area contributed by atoms with E-state index in [4.69, 9.17) is 14.2 Å². The first kappa shape index (κ1) is 78.8. The quantitative estimate of drug-likeness (QED) is 0.0261. The number of allylic oxidation sites excluding steroid dienone is 20. The average molecular weight is 1150 g/mol. The highest BCUT2D eigenvalue weighted by Gasteiger charge is 2.19. The van der Waals surface area contributed by atoms with Gasteiger partial charge in [0.15, 0.2) is 6.10 Å². The van der Waals surface area contributed by atoms with Gasteiger partial charge in [0.1, 0.15) is 13.2 Å². The van der Waals surface area contributed by atoms with Gasteiger partial charge in [0.25, 0.3) is 0 Å². The summed E-state index contributed by atoms with van der Waals surface area (Å²) in [5.74, 6) is -0.882. The van der Waals surface area contributed by atoms with E-state index in [1.165, 1.54) is 167 Å². The molecule has 0 radical (unpaired) electrons. The van der Waals surface area contributed by atoms with Crippen LogP contribution in [-0.4, -0.2) is 37.2 Å². The van der Waals surface area contributed by atoms with Crippen LogP contribution in [-0.2, 0) is 28.6 Å². The maximum Gasteiger partial charge on any atom is 0.306 e. The van der Waals surface area contributed by atoms with E-state index < -0.39 is 6.10 Å². The van der Waals surface area contributed by atoms with Crippen molar-refractivity contribution in [2.45, 2.75) is 335 Å². The zero-order valence-corrected chi connectivity index (χ0v) is 54.4. The summed E-state index contributed by atoms with van der Waals surface area (Å²) in [6.07, 6.45) is 97.9. The highest BCUT2D eigenvalue weighted by Crippen LogP contribution is 2.16. The Morgan fingerprint density at radius 3 is 0.747 bits per heavy atom. The van der Waals surface area contributed by atoms with Crippen LogP contribution in [0.5, 0.6) is 0 Å². The fourth-order valence-corrected chi connectivity index (χ4v) is 9.73. The van der Waals surface area contributed by atoms with E-state index in [9.17, 15) is 14.4 Å². The molecule has 0 aromatic heterocycles. The predicted molar refractivity (Wildman–Crippen MR) is 362 cm³/mol. The first-order valence-electron chi connectivity index (χ1n) is 35.0. The lowest BCUT2D eigenvalue weighted by molar-refractivity contribution is -0.167. The van der Waals surface area contributed by atoms with Crippen LogP contribution in [0.15, 0.2) is 122 Å². The molecule has 0 heterocycles. The third kappa shape index (κ3) is 68.5. The molecule has 0 aromatic rings. The highest BCUT2D eigenvalue weighted by atomic mass is 16.6. The second kappa shape index (κ2) is 70.3. The van der Waals surface area contributed by atoms with Crippen LogP contribution in [0.25, 0.3) is 0 Å². The lowest BCUT2D eigenvalue weighted by atomic mass is 10.0. The van der Waals surface area contributed by atoms with Crippen molar-refractivity contribution in [2.24, 2.45) is 0 Å². The summed E-state index contributed by atoms with van der Waals surface area (Å²) in [7, 11) is 0. The van der Waals surface area contributed by atoms with Gasteiger partial charge in [-0.05, 0) is 116 Å². The van der Waals surface area contributed by atoms with Crippen molar-refractivity contribution in [1.82, 2.24) is 0 Å². The number of ether oxygens (including phenoxy) is 3. The largest absolute Gasteiger partial charge is 0.462 e. The van der Waals surface area contributed by atoms with E-state index in [1.54, 1.807) is 0 Å². The minimum atomic E-state index is -0.785. The van der Waals surface area contributed by atoms with Crippen LogP contribution >= 0.6 is 0 Å². The Labute approximate surface area is 513 Å². The Morgan fingerprint density at radius 2 is 0.470 bits per heavy atom. The molecule has 6 heteroatoms. The van der Waals surface area contributed by atoms with E-state index in [-0.39, 0.29) is 31.1 Å². The molecule has 0 N–H and O–H groups in total. The molecular formula is C77H130O6. The van der Waals surface area contributed by atoms with E-state index >= 15 is 0 Å². The van der Waals surface area contributed by atoms with Crippen molar-refractivity contribution in [3.8, 4) is 0 Å². The molecule has 0 bridgehead atoms. The molecule has 0 aromatic carbocycles. The van der Waals surface area contributed by atoms with Crippen molar-refractivity contribution < 1.29 is 28.6 Å². The van der Waals surface area contributed by atoms with Crippen molar-refractivity contribution in [1.29, 1.82) is 0 Å². The van der Waals surface area contributed by atoms with Gasteiger partial charge >= 0.3 is 17.9 Å². The van der Waals surface area contributed by atoms with Crippen LogP contribution in [0.1, 0.15) is 329 Å². The summed E-state index contributed by atoms with van der Waals surface area (Å²) in [5.41, 5.74) is 0. The molecule has 0 rings (SSSR count). The molecule has 83 heavy (non-hydrogen) atoms. The Bertz CT molecular complexity index is 1700. The zero-order valence-electron chi connectivity index (χ0n) is 54.4. The van der Waals surface area contributed by atoms with Gasteiger partial charge in [-0.3, -0.25) is 14.4 Å². The van der Waals surface area contributed by atoms with E-state index in [2.05, 4.69) is 142 Å². The molecule has 0 aliphatic heterocycles. The van der Waals surface area contributed by atoms with Gasteiger partial charge in [0, 0.05) is 19.3 Å². The van der Waals surface area contributed by atoms with Crippen LogP contribution in [0.2, 0.25) is 0 Å². The lowest BCUT2D eigenvalue weighted by Gasteiger charge is -2.18. The zero-order chi connectivity index (χ0) is 59.9. The molecule has 0 aliphatic carbocycles. The van der Waals surface area contributed by atoms with Gasteiger partial charge in [0.2, 0.25) is 0 Å². The maximum atomic E-state index is 12.9. The number of rotatable bonds is 63. The topological polar surface area (TPSA) is 78.9 Å². The summed E-state index contributed by atoms with van der Waals surface area (Å²) in [5, 5.41) is 0. The molecule has 0 saturated carbocycles. The van der Waals surface area contributed by atoms with Crippen LogP contribution in [0.3, 0.4) is 0 Å². The van der Waals surface area contributed by atoms with Crippen LogP contribution < -0.4 is 0 Å². The molecular weight excluding hydrogens is 1020 g/mol. The van der Waals surface area contributed by atoms with Gasteiger partial charge in [-0.15, -0.1) is 0 Å². The molecule has 6 nitrogen and oxygen atoms in total. The number of hydrogen-bond donors (Lipinski definition) is 0. The molecule has 0 saturated heterocycles. The van der Waals surface area contributed by atoms with Gasteiger partial charge in [-0.25, -0.2) is 0 Å². The van der Waals surface area contributed by atoms with Gasteiger partial charge in [-0.1, -0.05) is 316 Å². The normalized spacial score (nSPS) is 12.9. The summed E-state index contributed by atoms with van der Waals surface area (Å²) in [4.78, 5) is 38.4. The first-order chi connectivity index (χ1) is 41.0. The van der Waals surface area contributed by atoms with E-state index in [1.807, 2.05) is 0 Å². The smallest absolute Gasteiger partial charge is 0.306 e. The van der Waals surface area contributed by atoms with Crippen molar-refractivity contribution in [3.63, 3.8) is 0 Å². The standard InChI is InChI=1S/C77H130O6/c1-4-7-10-13-16-19-22-25-27-29-31-32-33-34-35-36-37-38-39-40-41-42-43-44-45-46-47-49-50-52-55-58-61-64-67-70-76(79)82-73-74(72-81-75(78)69-66-63-60-57-54-24-21-18-15-12-9-6-3)83-77(80)71-68-65-62-59-56-53-51-48-30-28-26-23-20-17-14-11-8-5-2/h7,10,16,19-20,23,25,27-28,30-32,34-35,37-38,40-41,43-44,74H,4-6,8-9,11-15,17-18,21-22,24,26,29,33,36,39,42,45-73H2,1-3H3/b10-7-,19-16-,23-20-,27-25-,30-28-,32-31-,35-34-,38-37-,41-40-,44-43-. The van der Waals surface area contributed by atoms with Crippen molar-refractivity contribution in [3.05, 3.63) is 122 Å². The Balaban J connectivity index is 4.23. The molecule has 0 aliphatic rings. The summed E-state index contributed by atoms with van der Waals surface area (Å²) in [6.45, 7) is 6.52. The molecule has 0 fully saturated rings. The van der Waals surface area contributed by atoms with Gasteiger partial charge in [-0.2, -0.15) is 0 Å². The number of unbranched alkanes of at least 4 members (excludes halogenated alkanes) is 32. The van der Waals surface area contributed by atoms with Crippen molar-refractivity contribution in [2.75, 3.05) is 13.2 Å². The van der Waals surface area contributed by atoms with Crippen molar-refractivity contribution >= 4 is 17.9 Å². The number of hydrogen-bond acceptors (Lipinski definition) is 6. The second-order valence-electron chi connectivity index (χ2n) is 23.1. The van der Waals surface area contributed by atoms with E-state index in [0.717, 1.165) is 122 Å². The number of carbonyl (C=O) groups is 3. The molecule has 0 amide bonds. The summed E-state index contributed by atoms with van der Waals surface area (Å²) >= 11 is 0. The predicted octanol–water partition coefficient (Wildman–Crippen LogP) is 24.3. The lowest BCUT2D eigenvalue weighted by Crippen LogP contribution is -2.30. The minimum absolute atomic E-state index is 0.0801. The third-order valence-corrected chi connectivity index (χ3v) is 15.0. The summed E-state index contributed by atoms with van der Waals surface area (Å²) in [6, 6.07) is 0. The number of esters is 3. The highest BCUT2D eigenvalue weighted by molar-refractivity contribution is 5.71. The number of carbonyl (C=O) groups excluding carboxylic acids is 3. The fraction of sp³-hybridized carbons (Fsp3) is 0.701. The van der Waals surface area contributed by atoms with E-state index in [0.29, 0.717) is 19.3 Å². The third-order valence-electron chi connectivity index (χ3n) is 15.0. The van der Waals surface area contributed by atoms with Gasteiger partial charge in [0.05, 0.1) is 0 Å². The fourth-order valence-electron chi connectivity index (χ4n) is 9.73. The average Bonchev–Trinajstić information content (AvgIpc) is 3.49. The Hall–Kier alpha value is -4.19. The maximum absolute atomic E-state index is 12.9.